The van der Waals surface area contributed by atoms with Crippen LogP contribution in [0.15, 0.2) is 12.1 Å². The van der Waals surface area contributed by atoms with E-state index in [1.54, 1.807) is 13.8 Å². The minimum atomic E-state index is -0.977. The molecule has 0 aliphatic carbocycles. The zero-order chi connectivity index (χ0) is 14.1. The molecule has 1 rings (SSSR count). The fourth-order valence-corrected chi connectivity index (χ4v) is 1.24. The van der Waals surface area contributed by atoms with Crippen LogP contribution in [0.3, 0.4) is 0 Å². The largest absolute Gasteiger partial charge is 0.396 e. The molecule has 18 heavy (non-hydrogen) atoms. The first-order valence-corrected chi connectivity index (χ1v) is 5.40. The number of carbonyl (C=O) groups excluding carboxylic acids is 1. The number of nitrogens with two attached hydrogens (primary N) is 1. The Balaban J connectivity index is 3.06. The SMILES string of the molecule is CC(O)C(C)(C)NC(=O)c1cc(F)cc(N)c1F. The van der Waals surface area contributed by atoms with E-state index in [9.17, 15) is 18.7 Å². The van der Waals surface area contributed by atoms with Crippen molar-refractivity contribution in [1.29, 1.82) is 0 Å². The van der Waals surface area contributed by atoms with Crippen molar-refractivity contribution in [2.45, 2.75) is 32.4 Å². The molecule has 1 amide bonds. The number of anilines is 1. The summed E-state index contributed by atoms with van der Waals surface area (Å²) in [5, 5.41) is 11.9. The van der Waals surface area contributed by atoms with Crippen LogP contribution in [-0.2, 0) is 0 Å². The molecule has 100 valence electrons. The van der Waals surface area contributed by atoms with Gasteiger partial charge in [0.1, 0.15) is 5.82 Å². The van der Waals surface area contributed by atoms with Crippen molar-refractivity contribution in [2.75, 3.05) is 5.73 Å². The van der Waals surface area contributed by atoms with Gasteiger partial charge in [-0.05, 0) is 32.9 Å². The molecule has 4 nitrogen and oxygen atoms in total. The molecule has 0 radical (unpaired) electrons. The Hall–Kier alpha value is -1.69. The molecular formula is C12H16F2N2O2. The summed E-state index contributed by atoms with van der Waals surface area (Å²) in [6, 6.07) is 1.56. The third-order valence-electron chi connectivity index (χ3n) is 2.79. The number of hydrogen-bond donors (Lipinski definition) is 3. The summed E-state index contributed by atoms with van der Waals surface area (Å²) in [6.45, 7) is 4.61. The lowest BCUT2D eigenvalue weighted by molar-refractivity contribution is 0.0706. The lowest BCUT2D eigenvalue weighted by atomic mass is 9.98. The van der Waals surface area contributed by atoms with Crippen molar-refractivity contribution in [1.82, 2.24) is 5.32 Å². The average Bonchev–Trinajstić information content (AvgIpc) is 2.22. The normalized spacial score (nSPS) is 13.2. The van der Waals surface area contributed by atoms with Gasteiger partial charge in [0.15, 0.2) is 5.82 Å². The number of amides is 1. The lowest BCUT2D eigenvalue weighted by Gasteiger charge is -2.29. The Labute approximate surface area is 104 Å². The van der Waals surface area contributed by atoms with Gasteiger partial charge < -0.3 is 16.2 Å². The van der Waals surface area contributed by atoms with Gasteiger partial charge in [0, 0.05) is 0 Å². The van der Waals surface area contributed by atoms with Crippen LogP contribution < -0.4 is 11.1 Å². The highest BCUT2D eigenvalue weighted by molar-refractivity contribution is 5.95. The molecule has 1 aromatic rings. The molecule has 1 atom stereocenters. The Bertz CT molecular complexity index is 473. The molecule has 1 aromatic carbocycles. The maximum Gasteiger partial charge on any atom is 0.254 e. The third-order valence-corrected chi connectivity index (χ3v) is 2.79. The number of halogens is 2. The van der Waals surface area contributed by atoms with Crippen molar-refractivity contribution in [3.63, 3.8) is 0 Å². The smallest absolute Gasteiger partial charge is 0.254 e. The molecule has 0 aliphatic rings. The average molecular weight is 258 g/mol. The first-order valence-electron chi connectivity index (χ1n) is 5.40. The van der Waals surface area contributed by atoms with Crippen LogP contribution in [0.25, 0.3) is 0 Å². The summed E-state index contributed by atoms with van der Waals surface area (Å²) < 4.78 is 26.7. The number of benzene rings is 1. The van der Waals surface area contributed by atoms with Crippen LogP contribution in [-0.4, -0.2) is 22.7 Å². The van der Waals surface area contributed by atoms with Gasteiger partial charge in [-0.1, -0.05) is 0 Å². The molecule has 0 saturated heterocycles. The molecule has 0 spiro atoms. The van der Waals surface area contributed by atoms with Crippen molar-refractivity contribution in [3.05, 3.63) is 29.3 Å². The predicted octanol–water partition coefficient (Wildman–Crippen LogP) is 1.44. The van der Waals surface area contributed by atoms with Crippen molar-refractivity contribution >= 4 is 11.6 Å². The Morgan fingerprint density at radius 2 is 2.00 bits per heavy atom. The number of aliphatic hydroxyl groups is 1. The Morgan fingerprint density at radius 3 is 2.50 bits per heavy atom. The molecule has 0 fully saturated rings. The molecule has 0 aliphatic heterocycles. The second-order valence-corrected chi connectivity index (χ2v) is 4.71. The van der Waals surface area contributed by atoms with E-state index < -0.39 is 40.4 Å². The van der Waals surface area contributed by atoms with Crippen LogP contribution >= 0.6 is 0 Å². The van der Waals surface area contributed by atoms with Gasteiger partial charge >= 0.3 is 0 Å². The molecule has 0 saturated carbocycles. The molecule has 1 unspecified atom stereocenters. The maximum atomic E-state index is 13.6. The highest BCUT2D eigenvalue weighted by Gasteiger charge is 2.28. The number of carbonyl (C=O) groups is 1. The van der Waals surface area contributed by atoms with Gasteiger partial charge in [-0.2, -0.15) is 0 Å². The number of aliphatic hydroxyl groups excluding tert-OH is 1. The maximum absolute atomic E-state index is 13.6. The molecular weight excluding hydrogens is 242 g/mol. The molecule has 4 N–H and O–H groups in total. The Kier molecular flexibility index (Phi) is 3.91. The minimum absolute atomic E-state index is 0.435. The molecule has 0 heterocycles. The van der Waals surface area contributed by atoms with Gasteiger partial charge in [0.25, 0.3) is 5.91 Å². The van der Waals surface area contributed by atoms with E-state index in [4.69, 9.17) is 5.73 Å². The highest BCUT2D eigenvalue weighted by Crippen LogP contribution is 2.19. The quantitative estimate of drug-likeness (QED) is 0.718. The zero-order valence-electron chi connectivity index (χ0n) is 10.4. The summed E-state index contributed by atoms with van der Waals surface area (Å²) in [4.78, 5) is 11.8. The zero-order valence-corrected chi connectivity index (χ0v) is 10.4. The fourth-order valence-electron chi connectivity index (χ4n) is 1.24. The topological polar surface area (TPSA) is 75.3 Å². The summed E-state index contributed by atoms with van der Waals surface area (Å²) in [5.41, 5.74) is 3.35. The number of hydrogen-bond acceptors (Lipinski definition) is 3. The molecule has 6 heteroatoms. The first kappa shape index (κ1) is 14.4. The lowest BCUT2D eigenvalue weighted by Crippen LogP contribution is -2.51. The second-order valence-electron chi connectivity index (χ2n) is 4.71. The fraction of sp³-hybridized carbons (Fsp3) is 0.417. The van der Waals surface area contributed by atoms with Crippen LogP contribution in [0.5, 0.6) is 0 Å². The summed E-state index contributed by atoms with van der Waals surface area (Å²) in [7, 11) is 0. The van der Waals surface area contributed by atoms with E-state index in [1.807, 2.05) is 0 Å². The minimum Gasteiger partial charge on any atom is -0.396 e. The standard InChI is InChI=1S/C12H16F2N2O2/c1-6(17)12(2,3)16-11(18)8-4-7(13)5-9(15)10(8)14/h4-6,17H,15H2,1-3H3,(H,16,18). The van der Waals surface area contributed by atoms with E-state index in [0.717, 1.165) is 12.1 Å². The monoisotopic (exact) mass is 258 g/mol. The van der Waals surface area contributed by atoms with Crippen LogP contribution in [0.1, 0.15) is 31.1 Å². The van der Waals surface area contributed by atoms with E-state index in [-0.39, 0.29) is 0 Å². The number of nitrogens with one attached hydrogen (secondary N) is 1. The van der Waals surface area contributed by atoms with Crippen molar-refractivity contribution in [2.24, 2.45) is 0 Å². The Morgan fingerprint density at radius 1 is 1.44 bits per heavy atom. The van der Waals surface area contributed by atoms with Crippen LogP contribution in [0.2, 0.25) is 0 Å². The van der Waals surface area contributed by atoms with Crippen molar-refractivity contribution in [3.8, 4) is 0 Å². The number of nitrogen functional groups attached to an aromatic ring is 1. The van der Waals surface area contributed by atoms with Gasteiger partial charge in [-0.25, -0.2) is 8.78 Å². The van der Waals surface area contributed by atoms with Crippen LogP contribution in [0.4, 0.5) is 14.5 Å². The summed E-state index contributed by atoms with van der Waals surface area (Å²) in [6.07, 6.45) is -0.851. The third kappa shape index (κ3) is 2.95. The second kappa shape index (κ2) is 4.89. The number of rotatable bonds is 3. The first-order chi connectivity index (χ1) is 8.15. The molecule has 0 bridgehead atoms. The van der Waals surface area contributed by atoms with E-state index >= 15 is 0 Å². The van der Waals surface area contributed by atoms with E-state index in [1.165, 1.54) is 6.92 Å². The van der Waals surface area contributed by atoms with E-state index in [0.29, 0.717) is 0 Å². The highest BCUT2D eigenvalue weighted by atomic mass is 19.1. The molecule has 0 aromatic heterocycles. The van der Waals surface area contributed by atoms with Gasteiger partial charge in [-0.3, -0.25) is 4.79 Å². The van der Waals surface area contributed by atoms with Gasteiger partial charge in [0.05, 0.1) is 22.9 Å². The summed E-state index contributed by atoms with van der Waals surface area (Å²) >= 11 is 0. The van der Waals surface area contributed by atoms with E-state index in [2.05, 4.69) is 5.32 Å². The van der Waals surface area contributed by atoms with Gasteiger partial charge in [0.2, 0.25) is 0 Å². The van der Waals surface area contributed by atoms with Crippen LogP contribution in [0, 0.1) is 11.6 Å². The van der Waals surface area contributed by atoms with Crippen molar-refractivity contribution < 1.29 is 18.7 Å². The van der Waals surface area contributed by atoms with Gasteiger partial charge in [-0.15, -0.1) is 0 Å². The predicted molar refractivity (Wildman–Crippen MR) is 64.0 cm³/mol. The summed E-state index contributed by atoms with van der Waals surface area (Å²) in [5.74, 6) is -2.60.